The van der Waals surface area contributed by atoms with Crippen LogP contribution in [0.15, 0.2) is 49.1 Å². The van der Waals surface area contributed by atoms with Crippen LogP contribution in [-0.2, 0) is 29.1 Å². The Kier molecular flexibility index (Phi) is 9.94. The van der Waals surface area contributed by atoms with Crippen molar-refractivity contribution in [2.75, 3.05) is 19.8 Å². The molecule has 17 heteroatoms. The number of benzene rings is 1. The van der Waals surface area contributed by atoms with Crippen molar-refractivity contribution < 1.29 is 37.1 Å². The topological polar surface area (TPSA) is 204 Å². The number of rotatable bonds is 6. The van der Waals surface area contributed by atoms with Crippen LogP contribution in [0.5, 0.6) is 5.75 Å². The summed E-state index contributed by atoms with van der Waals surface area (Å²) in [5, 5.41) is 18.0. The zero-order valence-electron chi connectivity index (χ0n) is 28.9. The van der Waals surface area contributed by atoms with E-state index in [1.165, 1.54) is 15.8 Å². The number of nitrogens with zero attached hydrogens (tertiary/aromatic N) is 5. The van der Waals surface area contributed by atoms with Crippen LogP contribution in [0.1, 0.15) is 65.3 Å². The predicted octanol–water partition coefficient (Wildman–Crippen LogP) is 2.02. The maximum absolute atomic E-state index is 14.4. The highest BCUT2D eigenvalue weighted by atomic mass is 32.2. The summed E-state index contributed by atoms with van der Waals surface area (Å²) < 4.78 is 38.8. The number of amides is 4. The van der Waals surface area contributed by atoms with E-state index in [2.05, 4.69) is 37.3 Å². The lowest BCUT2D eigenvalue weighted by atomic mass is 9.85. The average Bonchev–Trinajstić information content (AvgIpc) is 3.96. The summed E-state index contributed by atoms with van der Waals surface area (Å²) in [7, 11) is -3.90. The van der Waals surface area contributed by atoms with E-state index in [-0.39, 0.29) is 38.4 Å². The minimum absolute atomic E-state index is 0.0287. The number of hydrogen-bond donors (Lipinski definition) is 3. The molecule has 2 aromatic rings. The molecule has 4 aliphatic rings. The largest absolute Gasteiger partial charge is 0.489 e. The quantitative estimate of drug-likeness (QED) is 0.368. The second-order valence-corrected chi connectivity index (χ2v) is 16.5. The van der Waals surface area contributed by atoms with Crippen molar-refractivity contribution in [2.24, 2.45) is 11.3 Å². The summed E-state index contributed by atoms with van der Waals surface area (Å²) in [6.45, 7) is 9.48. The van der Waals surface area contributed by atoms with Crippen LogP contribution in [-0.4, -0.2) is 100.0 Å². The van der Waals surface area contributed by atoms with Crippen LogP contribution in [0, 0.1) is 11.3 Å². The van der Waals surface area contributed by atoms with E-state index in [1.807, 2.05) is 24.3 Å². The van der Waals surface area contributed by atoms with Crippen molar-refractivity contribution in [1.29, 1.82) is 0 Å². The van der Waals surface area contributed by atoms with E-state index in [0.29, 0.717) is 37.0 Å². The number of ether oxygens (including phenoxy) is 2. The van der Waals surface area contributed by atoms with Gasteiger partial charge in [-0.05, 0) is 54.9 Å². The van der Waals surface area contributed by atoms with Gasteiger partial charge in [0.2, 0.25) is 27.7 Å². The molecule has 0 radical (unpaired) electrons. The zero-order valence-corrected chi connectivity index (χ0v) is 29.7. The molecule has 16 nitrogen and oxygen atoms in total. The molecule has 1 aromatic carbocycles. The molecular formula is C34H44N8O8S. The lowest BCUT2D eigenvalue weighted by molar-refractivity contribution is -0.142. The number of para-hydroxylation sites is 1. The molecule has 6 rings (SSSR count). The monoisotopic (exact) mass is 724 g/mol. The number of tetrazole rings is 1. The molecule has 3 N–H and O–H groups in total. The lowest BCUT2D eigenvalue weighted by Crippen LogP contribution is -2.60. The summed E-state index contributed by atoms with van der Waals surface area (Å²) in [4.78, 5) is 57.7. The smallest absolute Gasteiger partial charge is 0.407 e. The van der Waals surface area contributed by atoms with Gasteiger partial charge in [-0.2, -0.15) is 4.80 Å². The number of hydrogen-bond acceptors (Lipinski definition) is 11. The number of alkyl carbamates (subject to hydrolysis) is 1. The van der Waals surface area contributed by atoms with Gasteiger partial charge in [-0.25, -0.2) is 13.2 Å². The minimum atomic E-state index is -3.90. The first kappa shape index (κ1) is 36.0. The van der Waals surface area contributed by atoms with Crippen LogP contribution in [0.3, 0.4) is 0 Å². The van der Waals surface area contributed by atoms with Crippen molar-refractivity contribution in [3.05, 3.63) is 49.1 Å². The zero-order chi connectivity index (χ0) is 36.6. The highest BCUT2D eigenvalue weighted by Gasteiger charge is 2.62. The Morgan fingerprint density at radius 1 is 1.14 bits per heavy atom. The van der Waals surface area contributed by atoms with E-state index in [1.54, 1.807) is 32.9 Å². The SMILES string of the molecule is C=C[C@@H]1C[C@]1(NC(=O)[C@@H]1C[C@@H]2CN1C(=O)[C@H](C(C)(C)C)NC(=O)OCCC/C=C\COc1ccccc1-c1nnn2n1)C(=O)NS(=O)(=O)C1CC1. The van der Waals surface area contributed by atoms with Crippen LogP contribution in [0.4, 0.5) is 4.79 Å². The maximum Gasteiger partial charge on any atom is 0.407 e. The summed E-state index contributed by atoms with van der Waals surface area (Å²) >= 11 is 0. The number of fused-ring (bicyclic) bond motifs is 7. The first-order chi connectivity index (χ1) is 24.2. The first-order valence-electron chi connectivity index (χ1n) is 17.1. The van der Waals surface area contributed by atoms with Gasteiger partial charge < -0.3 is 25.0 Å². The van der Waals surface area contributed by atoms with Crippen molar-refractivity contribution in [3.8, 4) is 17.1 Å². The third-order valence-corrected chi connectivity index (χ3v) is 11.4. The number of nitrogens with one attached hydrogen (secondary N) is 3. The van der Waals surface area contributed by atoms with Gasteiger partial charge >= 0.3 is 6.09 Å². The van der Waals surface area contributed by atoms with Crippen molar-refractivity contribution in [3.63, 3.8) is 0 Å². The second-order valence-electron chi connectivity index (χ2n) is 14.5. The number of sulfonamides is 1. The molecule has 4 bridgehead atoms. The van der Waals surface area contributed by atoms with E-state index < -0.39 is 74.1 Å². The fraction of sp³-hybridized carbons (Fsp3) is 0.559. The molecule has 1 aromatic heterocycles. The Labute approximate surface area is 296 Å². The molecule has 1 saturated heterocycles. The van der Waals surface area contributed by atoms with Crippen molar-refractivity contribution >= 4 is 33.8 Å². The second kappa shape index (κ2) is 14.1. The third kappa shape index (κ3) is 7.77. The van der Waals surface area contributed by atoms with E-state index in [4.69, 9.17) is 9.47 Å². The van der Waals surface area contributed by atoms with Gasteiger partial charge in [-0.15, -0.1) is 16.8 Å². The van der Waals surface area contributed by atoms with Gasteiger partial charge in [0, 0.05) is 18.9 Å². The van der Waals surface area contributed by atoms with Gasteiger partial charge in [0.1, 0.15) is 30.0 Å². The van der Waals surface area contributed by atoms with Crippen LogP contribution >= 0.6 is 0 Å². The molecule has 2 aliphatic carbocycles. The number of cyclic esters (lactones) is 1. The molecule has 4 amide bonds. The van der Waals surface area contributed by atoms with Gasteiger partial charge in [-0.1, -0.05) is 51.1 Å². The fourth-order valence-corrected chi connectivity index (χ4v) is 7.78. The van der Waals surface area contributed by atoms with Crippen molar-refractivity contribution in [2.45, 2.75) is 88.2 Å². The Morgan fingerprint density at radius 2 is 1.90 bits per heavy atom. The lowest BCUT2D eigenvalue weighted by Gasteiger charge is -2.35. The van der Waals surface area contributed by atoms with Crippen LogP contribution in [0.25, 0.3) is 11.4 Å². The Morgan fingerprint density at radius 3 is 2.61 bits per heavy atom. The van der Waals surface area contributed by atoms with Gasteiger partial charge in [-0.3, -0.25) is 19.1 Å². The fourth-order valence-electron chi connectivity index (χ4n) is 6.42. The summed E-state index contributed by atoms with van der Waals surface area (Å²) in [5.41, 5.74) is -1.76. The maximum atomic E-state index is 14.4. The molecule has 5 atom stereocenters. The molecule has 2 saturated carbocycles. The standard InChI is InChI=1S/C34H44N8O8S/c1-5-21-19-34(21,31(45)39-51(47,48)23-14-15-23)36-29(43)25-18-22-20-41(25)30(44)27(33(2,3)4)35-32(46)50-17-11-7-6-10-16-49-26-13-9-8-12-24(26)28-37-40-42(22)38-28/h5-6,8-10,12-13,21-23,25,27H,1,7,11,14-20H2,2-4H3,(H,35,46)(H,36,43)(H,39,45)/b10-6-/t21-,22-,25+,27-,34-/m1/s1. The molecule has 2 aliphatic heterocycles. The molecule has 0 spiro atoms. The Balaban J connectivity index is 1.32. The number of aromatic nitrogens is 4. The normalized spacial score (nSPS) is 27.9. The number of allylic oxidation sites excluding steroid dienone is 1. The molecule has 51 heavy (non-hydrogen) atoms. The predicted molar refractivity (Wildman–Crippen MR) is 183 cm³/mol. The van der Waals surface area contributed by atoms with Crippen molar-refractivity contribution in [1.82, 2.24) is 40.5 Å². The first-order valence-corrected chi connectivity index (χ1v) is 18.7. The molecular weight excluding hydrogens is 680 g/mol. The summed E-state index contributed by atoms with van der Waals surface area (Å²) in [6, 6.07) is 4.37. The van der Waals surface area contributed by atoms with Gasteiger partial charge in [0.15, 0.2) is 0 Å². The highest BCUT2D eigenvalue weighted by Crippen LogP contribution is 2.46. The minimum Gasteiger partial charge on any atom is -0.489 e. The third-order valence-electron chi connectivity index (χ3n) is 9.62. The van der Waals surface area contributed by atoms with E-state index >= 15 is 0 Å². The summed E-state index contributed by atoms with van der Waals surface area (Å²) in [5.74, 6) is -1.77. The Bertz CT molecular complexity index is 1830. The molecule has 274 valence electrons. The molecule has 0 unspecified atom stereocenters. The van der Waals surface area contributed by atoms with E-state index in [0.717, 1.165) is 0 Å². The molecule has 3 fully saturated rings. The Hall–Kier alpha value is -4.80. The van der Waals surface area contributed by atoms with Crippen LogP contribution in [0.2, 0.25) is 0 Å². The number of carbonyl (C=O) groups excluding carboxylic acids is 4. The van der Waals surface area contributed by atoms with Crippen LogP contribution < -0.4 is 20.1 Å². The average molecular weight is 725 g/mol. The summed E-state index contributed by atoms with van der Waals surface area (Å²) in [6.07, 6.45) is 6.76. The van der Waals surface area contributed by atoms with Gasteiger partial charge in [0.05, 0.1) is 23.5 Å². The molecule has 3 heterocycles. The number of carbonyl (C=O) groups is 4. The highest BCUT2D eigenvalue weighted by molar-refractivity contribution is 7.91. The van der Waals surface area contributed by atoms with E-state index in [9.17, 15) is 27.6 Å². The van der Waals surface area contributed by atoms with Gasteiger partial charge in [0.25, 0.3) is 5.91 Å².